The second kappa shape index (κ2) is 4.94. The van der Waals surface area contributed by atoms with Crippen LogP contribution in [0.5, 0.6) is 0 Å². The molecule has 3 nitrogen and oxygen atoms in total. The van der Waals surface area contributed by atoms with Gasteiger partial charge in [-0.05, 0) is 18.4 Å². The molecule has 0 unspecified atom stereocenters. The van der Waals surface area contributed by atoms with Gasteiger partial charge in [-0.15, -0.1) is 0 Å². The van der Waals surface area contributed by atoms with E-state index >= 15 is 0 Å². The van der Waals surface area contributed by atoms with E-state index in [1.54, 1.807) is 0 Å². The van der Waals surface area contributed by atoms with Crippen LogP contribution in [0.3, 0.4) is 0 Å². The minimum atomic E-state index is 0.0252. The second-order valence-electron chi connectivity index (χ2n) is 3.87. The quantitative estimate of drug-likeness (QED) is 0.764. The van der Waals surface area contributed by atoms with Gasteiger partial charge in [0.05, 0.1) is 6.61 Å². The lowest BCUT2D eigenvalue weighted by atomic mass is 9.85. The van der Waals surface area contributed by atoms with Crippen LogP contribution in [0.15, 0.2) is 30.3 Å². The van der Waals surface area contributed by atoms with Gasteiger partial charge in [-0.2, -0.15) is 0 Å². The molecule has 0 spiro atoms. The highest BCUT2D eigenvalue weighted by molar-refractivity contribution is 5.78. The number of rotatable bonds is 4. The van der Waals surface area contributed by atoms with Gasteiger partial charge in [-0.1, -0.05) is 36.8 Å². The van der Waals surface area contributed by atoms with Crippen molar-refractivity contribution in [3.05, 3.63) is 35.9 Å². The van der Waals surface area contributed by atoms with Crippen LogP contribution in [-0.2, 0) is 16.2 Å². The Hall–Kier alpha value is -1.35. The molecule has 0 radical (unpaired) electrons. The van der Waals surface area contributed by atoms with Crippen LogP contribution in [-0.4, -0.2) is 5.91 Å². The topological polar surface area (TPSA) is 38.3 Å². The predicted molar refractivity (Wildman–Crippen MR) is 56.7 cm³/mol. The van der Waals surface area contributed by atoms with E-state index in [1.165, 1.54) is 0 Å². The van der Waals surface area contributed by atoms with Crippen molar-refractivity contribution in [3.8, 4) is 0 Å². The van der Waals surface area contributed by atoms with Crippen LogP contribution in [0.1, 0.15) is 24.8 Å². The molecule has 15 heavy (non-hydrogen) atoms. The van der Waals surface area contributed by atoms with Crippen molar-refractivity contribution in [1.82, 2.24) is 5.48 Å². The molecule has 1 N–H and O–H groups in total. The maximum Gasteiger partial charge on any atom is 0.246 e. The van der Waals surface area contributed by atoms with Gasteiger partial charge in [0.15, 0.2) is 0 Å². The van der Waals surface area contributed by atoms with E-state index in [1.807, 2.05) is 30.3 Å². The molecule has 0 saturated heterocycles. The summed E-state index contributed by atoms with van der Waals surface area (Å²) in [6.07, 6.45) is 3.16. The lowest BCUT2D eigenvalue weighted by Crippen LogP contribution is -2.34. The summed E-state index contributed by atoms with van der Waals surface area (Å²) in [7, 11) is 0. The highest BCUT2D eigenvalue weighted by atomic mass is 16.6. The van der Waals surface area contributed by atoms with E-state index < -0.39 is 0 Å². The van der Waals surface area contributed by atoms with Gasteiger partial charge >= 0.3 is 0 Å². The Morgan fingerprint density at radius 2 is 2.07 bits per heavy atom. The van der Waals surface area contributed by atoms with Crippen LogP contribution in [0, 0.1) is 5.92 Å². The molecule has 1 aliphatic rings. The zero-order valence-electron chi connectivity index (χ0n) is 8.61. The minimum Gasteiger partial charge on any atom is -0.273 e. The number of amides is 1. The summed E-state index contributed by atoms with van der Waals surface area (Å²) in [6, 6.07) is 9.79. The summed E-state index contributed by atoms with van der Waals surface area (Å²) in [5, 5.41) is 0. The molecular weight excluding hydrogens is 190 g/mol. The first-order valence-corrected chi connectivity index (χ1v) is 5.32. The first kappa shape index (κ1) is 10.2. The average Bonchev–Trinajstić information content (AvgIpc) is 2.16. The Bertz CT molecular complexity index is 320. The number of benzene rings is 1. The number of hydrogen-bond donors (Lipinski definition) is 1. The Morgan fingerprint density at radius 1 is 1.33 bits per heavy atom. The molecule has 3 heteroatoms. The Labute approximate surface area is 89.4 Å². The summed E-state index contributed by atoms with van der Waals surface area (Å²) in [4.78, 5) is 16.5. The van der Waals surface area contributed by atoms with Crippen molar-refractivity contribution < 1.29 is 9.63 Å². The second-order valence-corrected chi connectivity index (χ2v) is 3.87. The maximum absolute atomic E-state index is 11.4. The van der Waals surface area contributed by atoms with Crippen molar-refractivity contribution in [2.24, 2.45) is 5.92 Å². The fourth-order valence-electron chi connectivity index (χ4n) is 1.52. The van der Waals surface area contributed by atoms with E-state index in [0.717, 1.165) is 24.8 Å². The molecule has 0 aromatic heterocycles. The third kappa shape index (κ3) is 2.80. The smallest absolute Gasteiger partial charge is 0.246 e. The van der Waals surface area contributed by atoms with Crippen LogP contribution >= 0.6 is 0 Å². The molecule has 0 atom stereocenters. The molecule has 2 rings (SSSR count). The van der Waals surface area contributed by atoms with Gasteiger partial charge in [-0.3, -0.25) is 9.63 Å². The molecule has 0 heterocycles. The molecule has 1 saturated carbocycles. The third-order valence-corrected chi connectivity index (χ3v) is 2.73. The Morgan fingerprint density at radius 3 is 2.67 bits per heavy atom. The van der Waals surface area contributed by atoms with Crippen LogP contribution in [0.2, 0.25) is 0 Å². The number of hydroxylamine groups is 1. The van der Waals surface area contributed by atoms with E-state index in [2.05, 4.69) is 5.48 Å². The summed E-state index contributed by atoms with van der Waals surface area (Å²) >= 11 is 0. The SMILES string of the molecule is O=C(NOCc1ccccc1)C1CCC1. The third-order valence-electron chi connectivity index (χ3n) is 2.73. The zero-order chi connectivity index (χ0) is 10.5. The normalized spacial score (nSPS) is 15.7. The highest BCUT2D eigenvalue weighted by Crippen LogP contribution is 2.26. The van der Waals surface area contributed by atoms with Crippen molar-refractivity contribution in [3.63, 3.8) is 0 Å². The molecule has 1 aromatic carbocycles. The van der Waals surface area contributed by atoms with Gasteiger partial charge in [0.2, 0.25) is 5.91 Å². The summed E-state index contributed by atoms with van der Waals surface area (Å²) < 4.78 is 0. The summed E-state index contributed by atoms with van der Waals surface area (Å²) in [5.41, 5.74) is 3.56. The summed E-state index contributed by atoms with van der Waals surface area (Å²) in [6.45, 7) is 0.430. The molecule has 1 fully saturated rings. The Kier molecular flexibility index (Phi) is 3.35. The van der Waals surface area contributed by atoms with Crippen LogP contribution in [0.4, 0.5) is 0 Å². The van der Waals surface area contributed by atoms with E-state index in [0.29, 0.717) is 6.61 Å². The monoisotopic (exact) mass is 205 g/mol. The van der Waals surface area contributed by atoms with Gasteiger partial charge in [0.25, 0.3) is 0 Å². The van der Waals surface area contributed by atoms with E-state index in [9.17, 15) is 4.79 Å². The largest absolute Gasteiger partial charge is 0.273 e. The van der Waals surface area contributed by atoms with Gasteiger partial charge in [0.1, 0.15) is 0 Å². The molecule has 0 aliphatic heterocycles. The zero-order valence-corrected chi connectivity index (χ0v) is 8.61. The number of nitrogens with one attached hydrogen (secondary N) is 1. The standard InChI is InChI=1S/C12H15NO2/c14-12(11-7-4-8-11)13-15-9-10-5-2-1-3-6-10/h1-3,5-6,11H,4,7-9H2,(H,13,14). The fraction of sp³-hybridized carbons (Fsp3) is 0.417. The lowest BCUT2D eigenvalue weighted by molar-refractivity contribution is -0.141. The van der Waals surface area contributed by atoms with Crippen LogP contribution < -0.4 is 5.48 Å². The molecule has 80 valence electrons. The van der Waals surface area contributed by atoms with Crippen molar-refractivity contribution in [2.75, 3.05) is 0 Å². The Balaban J connectivity index is 1.68. The van der Waals surface area contributed by atoms with E-state index in [4.69, 9.17) is 4.84 Å². The lowest BCUT2D eigenvalue weighted by Gasteiger charge is -2.23. The molecular formula is C12H15NO2. The number of carbonyl (C=O) groups excluding carboxylic acids is 1. The average molecular weight is 205 g/mol. The first-order valence-electron chi connectivity index (χ1n) is 5.32. The van der Waals surface area contributed by atoms with Gasteiger partial charge in [0, 0.05) is 5.92 Å². The van der Waals surface area contributed by atoms with Crippen molar-refractivity contribution >= 4 is 5.91 Å². The van der Waals surface area contributed by atoms with Crippen molar-refractivity contribution in [1.29, 1.82) is 0 Å². The maximum atomic E-state index is 11.4. The predicted octanol–water partition coefficient (Wildman–Crippen LogP) is 2.03. The van der Waals surface area contributed by atoms with Crippen molar-refractivity contribution in [2.45, 2.75) is 25.9 Å². The van der Waals surface area contributed by atoms with E-state index in [-0.39, 0.29) is 11.8 Å². The molecule has 1 aromatic rings. The van der Waals surface area contributed by atoms with Gasteiger partial charge in [-0.25, -0.2) is 5.48 Å². The fourth-order valence-corrected chi connectivity index (χ4v) is 1.52. The number of hydrogen-bond acceptors (Lipinski definition) is 2. The summed E-state index contributed by atoms with van der Waals surface area (Å²) in [5.74, 6) is 0.206. The first-order chi connectivity index (χ1) is 7.36. The molecule has 1 amide bonds. The van der Waals surface area contributed by atoms with Crippen LogP contribution in [0.25, 0.3) is 0 Å². The molecule has 1 aliphatic carbocycles. The highest BCUT2D eigenvalue weighted by Gasteiger charge is 2.25. The minimum absolute atomic E-state index is 0.0252. The number of carbonyl (C=O) groups is 1. The molecule has 0 bridgehead atoms. The van der Waals surface area contributed by atoms with Gasteiger partial charge < -0.3 is 0 Å².